The van der Waals surface area contributed by atoms with Crippen molar-refractivity contribution >= 4 is 23.7 Å². The van der Waals surface area contributed by atoms with Crippen LogP contribution in [0.3, 0.4) is 0 Å². The van der Waals surface area contributed by atoms with Gasteiger partial charge in [-0.05, 0) is 60.6 Å². The second kappa shape index (κ2) is 10.9. The first-order chi connectivity index (χ1) is 21.2. The molecule has 2 aromatic carbocycles. The van der Waals surface area contributed by atoms with Gasteiger partial charge < -0.3 is 24.1 Å². The van der Waals surface area contributed by atoms with Crippen molar-refractivity contribution in [2.24, 2.45) is 29.1 Å². The minimum atomic E-state index is -1.36. The zero-order valence-corrected chi connectivity index (χ0v) is 26.4. The number of ketones is 1. The Morgan fingerprint density at radius 1 is 0.844 bits per heavy atom. The summed E-state index contributed by atoms with van der Waals surface area (Å²) in [5, 5.41) is 11.9. The number of carbonyl (C=O) groups excluding carboxylic acids is 4. The fourth-order valence-corrected chi connectivity index (χ4v) is 8.22. The van der Waals surface area contributed by atoms with Crippen LogP contribution in [0.5, 0.6) is 0 Å². The highest BCUT2D eigenvalue weighted by Crippen LogP contribution is 2.68. The number of carbonyl (C=O) groups is 4. The standard InChI is InChI=1S/C36H40O9/c1-19-17-36-31(44-33(41)24-15-11-8-12-16-24)20(2)18-35(36,45-36)30(39)21(3)28(42-22(4)37)25-26(34(25,5)6)29(27(19)38)43-32(40)23-13-9-7-10-14-23/h7-17,20-21,25-29,31,38H,18H2,1-6H3/b19-17-/t20-,21-,25+,26-,27-,28-,29+,31+,35+,36+/m1/s1. The van der Waals surface area contributed by atoms with Crippen LogP contribution in [-0.4, -0.2) is 64.4 Å². The molecule has 1 heterocycles. The first kappa shape index (κ1) is 31.2. The Balaban J connectivity index is 1.44. The lowest BCUT2D eigenvalue weighted by Gasteiger charge is -2.28. The summed E-state index contributed by atoms with van der Waals surface area (Å²) in [6, 6.07) is 17.1. The molecule has 0 amide bonds. The number of hydrogen-bond donors (Lipinski definition) is 1. The molecule has 0 unspecified atom stereocenters. The van der Waals surface area contributed by atoms with Crippen LogP contribution in [0.4, 0.5) is 0 Å². The van der Waals surface area contributed by atoms with Crippen molar-refractivity contribution in [3.8, 4) is 0 Å². The number of hydrogen-bond acceptors (Lipinski definition) is 9. The van der Waals surface area contributed by atoms with Gasteiger partial charge in [0.1, 0.15) is 24.4 Å². The van der Waals surface area contributed by atoms with Crippen molar-refractivity contribution in [2.45, 2.75) is 83.6 Å². The van der Waals surface area contributed by atoms with E-state index in [4.69, 9.17) is 18.9 Å². The molecule has 1 aliphatic heterocycles. The van der Waals surface area contributed by atoms with E-state index in [0.29, 0.717) is 16.7 Å². The minimum Gasteiger partial charge on any atom is -0.461 e. The first-order valence-electron chi connectivity index (χ1n) is 15.6. The van der Waals surface area contributed by atoms with Crippen molar-refractivity contribution in [3.63, 3.8) is 0 Å². The van der Waals surface area contributed by atoms with Crippen LogP contribution < -0.4 is 0 Å². The van der Waals surface area contributed by atoms with Gasteiger partial charge in [-0.15, -0.1) is 0 Å². The van der Waals surface area contributed by atoms with Crippen molar-refractivity contribution in [1.82, 2.24) is 0 Å². The van der Waals surface area contributed by atoms with E-state index in [0.717, 1.165) is 0 Å². The molecule has 6 rings (SSSR count). The Kier molecular flexibility index (Phi) is 7.56. The molecule has 10 atom stereocenters. The third-order valence-corrected chi connectivity index (χ3v) is 10.5. The van der Waals surface area contributed by atoms with Gasteiger partial charge in [-0.2, -0.15) is 0 Å². The molecule has 9 heteroatoms. The summed E-state index contributed by atoms with van der Waals surface area (Å²) in [5.41, 5.74) is -2.14. The molecular formula is C36H40O9. The zero-order chi connectivity index (χ0) is 32.5. The molecule has 9 nitrogen and oxygen atoms in total. The van der Waals surface area contributed by atoms with Gasteiger partial charge in [0.25, 0.3) is 0 Å². The summed E-state index contributed by atoms with van der Waals surface area (Å²) in [5.74, 6) is -3.84. The molecule has 4 aliphatic rings. The molecule has 238 valence electrons. The number of ether oxygens (including phenoxy) is 4. The number of benzene rings is 2. The predicted octanol–water partition coefficient (Wildman–Crippen LogP) is 4.72. The van der Waals surface area contributed by atoms with Crippen LogP contribution in [0.15, 0.2) is 72.3 Å². The van der Waals surface area contributed by atoms with Crippen molar-refractivity contribution in [3.05, 3.63) is 83.4 Å². The molecule has 0 aromatic heterocycles. The highest BCUT2D eigenvalue weighted by Gasteiger charge is 2.84. The lowest BCUT2D eigenvalue weighted by molar-refractivity contribution is -0.154. The van der Waals surface area contributed by atoms with Gasteiger partial charge in [0, 0.05) is 18.8 Å². The Hall–Kier alpha value is -3.82. The van der Waals surface area contributed by atoms with E-state index in [1.807, 2.05) is 20.8 Å². The normalized spacial score (nSPS) is 39.0. The van der Waals surface area contributed by atoms with Gasteiger partial charge in [-0.25, -0.2) is 9.59 Å². The minimum absolute atomic E-state index is 0.251. The molecule has 0 spiro atoms. The number of fused-ring (bicyclic) bond motifs is 1. The average Bonchev–Trinajstić information content (AvgIpc) is 3.81. The maximum Gasteiger partial charge on any atom is 0.338 e. The third kappa shape index (κ3) is 4.91. The molecule has 1 saturated heterocycles. The van der Waals surface area contributed by atoms with Gasteiger partial charge in [-0.1, -0.05) is 64.1 Å². The highest BCUT2D eigenvalue weighted by molar-refractivity contribution is 5.96. The van der Waals surface area contributed by atoms with Crippen LogP contribution in [0, 0.1) is 29.1 Å². The van der Waals surface area contributed by atoms with Crippen LogP contribution >= 0.6 is 0 Å². The molecule has 45 heavy (non-hydrogen) atoms. The topological polar surface area (TPSA) is 129 Å². The van der Waals surface area contributed by atoms with Gasteiger partial charge in [0.15, 0.2) is 17.0 Å². The number of epoxide rings is 1. The van der Waals surface area contributed by atoms with E-state index in [1.165, 1.54) is 6.92 Å². The maximum absolute atomic E-state index is 14.5. The van der Waals surface area contributed by atoms with Crippen molar-refractivity contribution in [2.75, 3.05) is 0 Å². The van der Waals surface area contributed by atoms with Crippen molar-refractivity contribution < 1.29 is 43.2 Å². The monoisotopic (exact) mass is 616 g/mol. The third-order valence-electron chi connectivity index (χ3n) is 10.5. The SMILES string of the molecule is CC(=O)O[C@H]1[C@@H]2[C@H]([C@H](OC(=O)c3ccccc3)[C@H](O)/C(C)=C\[C@@]34O[C@@]3(C[C@@H](C)[C@@H]4OC(=O)c3ccccc3)C(=O)[C@@H]1C)C2(C)C. The predicted molar refractivity (Wildman–Crippen MR) is 162 cm³/mol. The summed E-state index contributed by atoms with van der Waals surface area (Å²) in [4.78, 5) is 53.6. The summed E-state index contributed by atoms with van der Waals surface area (Å²) in [6.45, 7) is 10.6. The summed E-state index contributed by atoms with van der Waals surface area (Å²) < 4.78 is 24.4. The average molecular weight is 617 g/mol. The van der Waals surface area contributed by atoms with E-state index in [2.05, 4.69) is 0 Å². The van der Waals surface area contributed by atoms with E-state index in [1.54, 1.807) is 80.6 Å². The first-order valence-corrected chi connectivity index (χ1v) is 15.6. The molecule has 3 aliphatic carbocycles. The Morgan fingerprint density at radius 3 is 1.93 bits per heavy atom. The van der Waals surface area contributed by atoms with Crippen LogP contribution in [0.25, 0.3) is 0 Å². The number of rotatable bonds is 5. The smallest absolute Gasteiger partial charge is 0.338 e. The number of Topliss-reactive ketones (excluding diaryl/α,β-unsaturated/α-hetero) is 1. The number of aliphatic hydroxyl groups excluding tert-OH is 1. The summed E-state index contributed by atoms with van der Waals surface area (Å²) in [7, 11) is 0. The quantitative estimate of drug-likeness (QED) is 0.220. The van der Waals surface area contributed by atoms with Crippen LogP contribution in [-0.2, 0) is 28.5 Å². The second-order valence-corrected chi connectivity index (χ2v) is 13.8. The fourth-order valence-electron chi connectivity index (χ4n) is 8.22. The fraction of sp³-hybridized carbons (Fsp3) is 0.500. The molecule has 3 fully saturated rings. The largest absolute Gasteiger partial charge is 0.461 e. The summed E-state index contributed by atoms with van der Waals surface area (Å²) >= 11 is 0. The Morgan fingerprint density at radius 2 is 1.38 bits per heavy atom. The van der Waals surface area contributed by atoms with Crippen LogP contribution in [0.2, 0.25) is 0 Å². The number of aliphatic hydroxyl groups is 1. The lowest BCUT2D eigenvalue weighted by atomic mass is 9.80. The van der Waals surface area contributed by atoms with Gasteiger partial charge in [0.05, 0.1) is 17.0 Å². The van der Waals surface area contributed by atoms with Crippen LogP contribution in [0.1, 0.15) is 68.7 Å². The molecule has 2 aromatic rings. The highest BCUT2D eigenvalue weighted by atomic mass is 16.7. The van der Waals surface area contributed by atoms with Gasteiger partial charge >= 0.3 is 17.9 Å². The Bertz CT molecular complexity index is 1550. The summed E-state index contributed by atoms with van der Waals surface area (Å²) in [6.07, 6.45) is -2.05. The molecule has 0 bridgehead atoms. The van der Waals surface area contributed by atoms with E-state index in [-0.39, 0.29) is 18.1 Å². The lowest BCUT2D eigenvalue weighted by Crippen LogP contribution is -2.43. The van der Waals surface area contributed by atoms with Gasteiger partial charge in [-0.3, -0.25) is 9.59 Å². The molecule has 0 radical (unpaired) electrons. The van der Waals surface area contributed by atoms with E-state index >= 15 is 0 Å². The molecule has 2 saturated carbocycles. The van der Waals surface area contributed by atoms with Crippen molar-refractivity contribution in [1.29, 1.82) is 0 Å². The molecule has 1 N–H and O–H groups in total. The molecular weight excluding hydrogens is 576 g/mol. The van der Waals surface area contributed by atoms with Gasteiger partial charge in [0.2, 0.25) is 0 Å². The maximum atomic E-state index is 14.5. The number of esters is 3. The Labute approximate surface area is 262 Å². The zero-order valence-electron chi connectivity index (χ0n) is 26.4. The van der Waals surface area contributed by atoms with E-state index in [9.17, 15) is 24.3 Å². The van der Waals surface area contributed by atoms with E-state index < -0.39 is 76.7 Å². The second-order valence-electron chi connectivity index (χ2n) is 13.8.